The van der Waals surface area contributed by atoms with Crippen LogP contribution in [0.25, 0.3) is 0 Å². The van der Waals surface area contributed by atoms with Crippen LogP contribution in [0.3, 0.4) is 0 Å². The molecule has 0 aromatic rings. The van der Waals surface area contributed by atoms with Crippen molar-refractivity contribution in [3.8, 4) is 0 Å². The molecule has 4 nitrogen and oxygen atoms in total. The number of ketones is 1. The summed E-state index contributed by atoms with van der Waals surface area (Å²) in [7, 11) is 1.37. The van der Waals surface area contributed by atoms with E-state index in [1.54, 1.807) is 0 Å². The van der Waals surface area contributed by atoms with Crippen molar-refractivity contribution in [2.75, 3.05) is 13.7 Å². The molecule has 0 radical (unpaired) electrons. The van der Waals surface area contributed by atoms with Gasteiger partial charge in [-0.1, -0.05) is 27.7 Å². The summed E-state index contributed by atoms with van der Waals surface area (Å²) in [5.41, 5.74) is 0. The fraction of sp³-hybridized carbons (Fsp3) is 0.846. The van der Waals surface area contributed by atoms with E-state index >= 15 is 0 Å². The molecule has 0 aliphatic heterocycles. The second-order valence-corrected chi connectivity index (χ2v) is 5.22. The Bertz CT molecular complexity index is 249. The Labute approximate surface area is 104 Å². The van der Waals surface area contributed by atoms with Crippen molar-refractivity contribution >= 4 is 11.8 Å². The number of nitrogens with one attached hydrogen (secondary N) is 1. The Morgan fingerprint density at radius 2 is 1.71 bits per heavy atom. The minimum atomic E-state index is -0.379. The molecule has 0 saturated heterocycles. The molecule has 0 spiro atoms. The summed E-state index contributed by atoms with van der Waals surface area (Å²) in [5, 5.41) is 2.98. The second-order valence-electron chi connectivity index (χ2n) is 5.22. The van der Waals surface area contributed by atoms with Crippen molar-refractivity contribution in [1.29, 1.82) is 0 Å². The Kier molecular flexibility index (Phi) is 7.79. The molecule has 0 heterocycles. The van der Waals surface area contributed by atoms with E-state index in [1.807, 2.05) is 27.7 Å². The Morgan fingerprint density at radius 1 is 1.12 bits per heavy atom. The van der Waals surface area contributed by atoms with Crippen LogP contribution in [0.15, 0.2) is 0 Å². The van der Waals surface area contributed by atoms with Crippen molar-refractivity contribution in [3.05, 3.63) is 0 Å². The minimum absolute atomic E-state index is 0.137. The normalized spacial score (nSPS) is 12.9. The van der Waals surface area contributed by atoms with Crippen LogP contribution < -0.4 is 5.32 Å². The van der Waals surface area contributed by atoms with E-state index in [0.717, 1.165) is 0 Å². The quantitative estimate of drug-likeness (QED) is 0.660. The predicted molar refractivity (Wildman–Crippen MR) is 67.7 cm³/mol. The Balaban J connectivity index is 4.16. The van der Waals surface area contributed by atoms with Crippen LogP contribution in [-0.2, 0) is 14.3 Å². The lowest BCUT2D eigenvalue weighted by molar-refractivity contribution is -0.143. The third kappa shape index (κ3) is 7.91. The largest absolute Gasteiger partial charge is 0.468 e. The summed E-state index contributed by atoms with van der Waals surface area (Å²) in [5.74, 6) is 0.575. The summed E-state index contributed by atoms with van der Waals surface area (Å²) in [4.78, 5) is 23.0. The molecule has 100 valence electrons. The first-order valence-corrected chi connectivity index (χ1v) is 6.19. The molecule has 0 amide bonds. The zero-order valence-corrected chi connectivity index (χ0v) is 11.6. The first kappa shape index (κ1) is 16.1. The number of methoxy groups -OCH3 is 1. The number of hydrogen-bond donors (Lipinski definition) is 1. The van der Waals surface area contributed by atoms with Crippen LogP contribution in [0.5, 0.6) is 0 Å². The number of carbonyl (C=O) groups excluding carboxylic acids is 2. The number of hydrogen-bond acceptors (Lipinski definition) is 4. The van der Waals surface area contributed by atoms with E-state index < -0.39 is 0 Å². The third-order valence-corrected chi connectivity index (χ3v) is 2.37. The van der Waals surface area contributed by atoms with E-state index in [-0.39, 0.29) is 24.3 Å². The van der Waals surface area contributed by atoms with Gasteiger partial charge >= 0.3 is 5.97 Å². The number of esters is 1. The lowest BCUT2D eigenvalue weighted by Crippen LogP contribution is -2.41. The number of Topliss-reactive ketones (excluding diaryl/α,β-unsaturated/α-hetero) is 1. The highest BCUT2D eigenvalue weighted by molar-refractivity contribution is 5.82. The Morgan fingerprint density at radius 3 is 2.12 bits per heavy atom. The molecule has 1 unspecified atom stereocenters. The Hall–Kier alpha value is -0.900. The molecule has 4 heteroatoms. The SMILES string of the molecule is COC(=O)C(CC(C)C)NCC(=O)CC(C)C. The van der Waals surface area contributed by atoms with Crippen molar-refractivity contribution in [2.24, 2.45) is 11.8 Å². The maximum Gasteiger partial charge on any atom is 0.322 e. The fourth-order valence-electron chi connectivity index (χ4n) is 1.64. The van der Waals surface area contributed by atoms with Gasteiger partial charge < -0.3 is 4.74 Å². The van der Waals surface area contributed by atoms with Gasteiger partial charge in [-0.2, -0.15) is 0 Å². The van der Waals surface area contributed by atoms with Crippen LogP contribution in [0.4, 0.5) is 0 Å². The van der Waals surface area contributed by atoms with Gasteiger partial charge in [-0.3, -0.25) is 14.9 Å². The lowest BCUT2D eigenvalue weighted by atomic mass is 10.0. The van der Waals surface area contributed by atoms with Gasteiger partial charge in [0, 0.05) is 6.42 Å². The summed E-state index contributed by atoms with van der Waals surface area (Å²) >= 11 is 0. The molecular weight excluding hydrogens is 218 g/mol. The first-order valence-electron chi connectivity index (χ1n) is 6.19. The first-order chi connectivity index (χ1) is 7.86. The lowest BCUT2D eigenvalue weighted by Gasteiger charge is -2.18. The molecule has 0 aromatic heterocycles. The average Bonchev–Trinajstić information content (AvgIpc) is 2.21. The van der Waals surface area contributed by atoms with Gasteiger partial charge in [0.2, 0.25) is 0 Å². The zero-order valence-electron chi connectivity index (χ0n) is 11.6. The highest BCUT2D eigenvalue weighted by atomic mass is 16.5. The van der Waals surface area contributed by atoms with Crippen molar-refractivity contribution < 1.29 is 14.3 Å². The molecule has 0 aliphatic rings. The van der Waals surface area contributed by atoms with E-state index in [2.05, 4.69) is 5.32 Å². The number of carbonyl (C=O) groups is 2. The molecule has 0 aliphatic carbocycles. The molecule has 0 saturated carbocycles. The average molecular weight is 243 g/mol. The fourth-order valence-corrected chi connectivity index (χ4v) is 1.64. The molecule has 1 N–H and O–H groups in total. The van der Waals surface area contributed by atoms with Gasteiger partial charge in [0.1, 0.15) is 11.8 Å². The van der Waals surface area contributed by atoms with E-state index in [0.29, 0.717) is 24.7 Å². The number of ether oxygens (including phenoxy) is 1. The molecule has 1 atom stereocenters. The predicted octanol–water partition coefficient (Wildman–Crippen LogP) is 1.78. The van der Waals surface area contributed by atoms with Crippen molar-refractivity contribution in [2.45, 2.75) is 46.6 Å². The monoisotopic (exact) mass is 243 g/mol. The summed E-state index contributed by atoms with van der Waals surface area (Å²) in [6.45, 7) is 8.32. The highest BCUT2D eigenvalue weighted by Crippen LogP contribution is 2.06. The van der Waals surface area contributed by atoms with Crippen LogP contribution in [0.2, 0.25) is 0 Å². The van der Waals surface area contributed by atoms with E-state index in [4.69, 9.17) is 4.74 Å². The van der Waals surface area contributed by atoms with Gasteiger partial charge in [0.15, 0.2) is 0 Å². The van der Waals surface area contributed by atoms with Crippen molar-refractivity contribution in [1.82, 2.24) is 5.32 Å². The molecule has 17 heavy (non-hydrogen) atoms. The summed E-state index contributed by atoms with van der Waals surface area (Å²) < 4.78 is 4.71. The third-order valence-electron chi connectivity index (χ3n) is 2.37. The molecule has 0 fully saturated rings. The van der Waals surface area contributed by atoms with Gasteiger partial charge in [-0.15, -0.1) is 0 Å². The zero-order chi connectivity index (χ0) is 13.4. The van der Waals surface area contributed by atoms with E-state index in [9.17, 15) is 9.59 Å². The summed E-state index contributed by atoms with van der Waals surface area (Å²) in [6.07, 6.45) is 1.23. The maximum atomic E-state index is 11.5. The van der Waals surface area contributed by atoms with Gasteiger partial charge in [-0.25, -0.2) is 0 Å². The van der Waals surface area contributed by atoms with Gasteiger partial charge in [-0.05, 0) is 18.3 Å². The second kappa shape index (κ2) is 8.23. The molecular formula is C13H25NO3. The standard InChI is InChI=1S/C13H25NO3/c1-9(2)6-11(15)8-14-12(7-10(3)4)13(16)17-5/h9-10,12,14H,6-8H2,1-5H3. The molecule has 0 bridgehead atoms. The highest BCUT2D eigenvalue weighted by Gasteiger charge is 2.20. The van der Waals surface area contributed by atoms with Crippen LogP contribution in [0, 0.1) is 11.8 Å². The van der Waals surface area contributed by atoms with Crippen LogP contribution in [-0.4, -0.2) is 31.4 Å². The maximum absolute atomic E-state index is 11.5. The topological polar surface area (TPSA) is 55.4 Å². The van der Waals surface area contributed by atoms with Gasteiger partial charge in [0.05, 0.1) is 13.7 Å². The summed E-state index contributed by atoms with van der Waals surface area (Å²) in [6, 6.07) is -0.379. The van der Waals surface area contributed by atoms with E-state index in [1.165, 1.54) is 7.11 Å². The van der Waals surface area contributed by atoms with Gasteiger partial charge in [0.25, 0.3) is 0 Å². The number of rotatable bonds is 8. The molecule has 0 rings (SSSR count). The van der Waals surface area contributed by atoms with Crippen LogP contribution in [0.1, 0.15) is 40.5 Å². The smallest absolute Gasteiger partial charge is 0.322 e. The molecule has 0 aromatic carbocycles. The van der Waals surface area contributed by atoms with Crippen LogP contribution >= 0.6 is 0 Å². The minimum Gasteiger partial charge on any atom is -0.468 e. The van der Waals surface area contributed by atoms with Crippen molar-refractivity contribution in [3.63, 3.8) is 0 Å².